The summed E-state index contributed by atoms with van der Waals surface area (Å²) >= 11 is 0. The second-order valence-electron chi connectivity index (χ2n) is 5.71. The summed E-state index contributed by atoms with van der Waals surface area (Å²) in [6.45, 7) is 6.09. The number of carbonyl (C=O) groups is 1. The summed E-state index contributed by atoms with van der Waals surface area (Å²) in [5.74, 6) is 0.681. The van der Waals surface area contributed by atoms with Crippen molar-refractivity contribution < 1.29 is 14.6 Å². The van der Waals surface area contributed by atoms with Gasteiger partial charge in [0.2, 0.25) is 5.91 Å². The van der Waals surface area contributed by atoms with Crippen LogP contribution >= 0.6 is 0 Å². The standard InChI is InChI=1S/C15H23NO3/c1-15(2,3)13(17)10-16-14(18)9-11-5-7-12(19-4)8-6-11/h5-8,13,17H,9-10H2,1-4H3,(H,16,18). The fraction of sp³-hybridized carbons (Fsp3) is 0.533. The summed E-state index contributed by atoms with van der Waals surface area (Å²) in [6, 6.07) is 7.37. The van der Waals surface area contributed by atoms with E-state index in [1.165, 1.54) is 0 Å². The molecule has 1 rings (SSSR count). The first kappa shape index (κ1) is 15.5. The molecule has 1 amide bonds. The maximum atomic E-state index is 11.7. The Balaban J connectivity index is 2.42. The molecule has 0 heterocycles. The summed E-state index contributed by atoms with van der Waals surface area (Å²) in [6.07, 6.45) is -0.242. The number of nitrogens with one attached hydrogen (secondary N) is 1. The Kier molecular flexibility index (Phi) is 5.36. The first-order valence-corrected chi connectivity index (χ1v) is 6.40. The number of hydrogen-bond donors (Lipinski definition) is 2. The number of amides is 1. The lowest BCUT2D eigenvalue weighted by Crippen LogP contribution is -2.39. The van der Waals surface area contributed by atoms with Gasteiger partial charge in [-0.2, -0.15) is 0 Å². The van der Waals surface area contributed by atoms with Crippen molar-refractivity contribution in [1.29, 1.82) is 0 Å². The number of carbonyl (C=O) groups excluding carboxylic acids is 1. The van der Waals surface area contributed by atoms with Crippen LogP contribution in [-0.2, 0) is 11.2 Å². The third kappa shape index (κ3) is 5.30. The Hall–Kier alpha value is -1.55. The van der Waals surface area contributed by atoms with E-state index in [-0.39, 0.29) is 17.9 Å². The van der Waals surface area contributed by atoms with Crippen molar-refractivity contribution in [1.82, 2.24) is 5.32 Å². The first-order chi connectivity index (χ1) is 8.82. The number of hydrogen-bond acceptors (Lipinski definition) is 3. The van der Waals surface area contributed by atoms with E-state index in [1.807, 2.05) is 45.0 Å². The van der Waals surface area contributed by atoms with Crippen molar-refractivity contribution in [2.75, 3.05) is 13.7 Å². The quantitative estimate of drug-likeness (QED) is 0.853. The van der Waals surface area contributed by atoms with Crippen molar-refractivity contribution in [3.05, 3.63) is 29.8 Å². The molecule has 0 aliphatic heterocycles. The zero-order valence-corrected chi connectivity index (χ0v) is 12.1. The average molecular weight is 265 g/mol. The third-order valence-corrected chi connectivity index (χ3v) is 3.02. The molecule has 1 aromatic rings. The maximum absolute atomic E-state index is 11.7. The van der Waals surface area contributed by atoms with E-state index in [1.54, 1.807) is 7.11 Å². The SMILES string of the molecule is COc1ccc(CC(=O)NCC(O)C(C)(C)C)cc1. The molecule has 0 spiro atoms. The fourth-order valence-corrected chi connectivity index (χ4v) is 1.51. The van der Waals surface area contributed by atoms with Gasteiger partial charge in [-0.3, -0.25) is 4.79 Å². The van der Waals surface area contributed by atoms with Crippen LogP contribution in [0.15, 0.2) is 24.3 Å². The molecule has 0 saturated carbocycles. The minimum Gasteiger partial charge on any atom is -0.497 e. The minimum absolute atomic E-state index is 0.0894. The Morgan fingerprint density at radius 3 is 2.37 bits per heavy atom. The van der Waals surface area contributed by atoms with E-state index >= 15 is 0 Å². The van der Waals surface area contributed by atoms with Crippen LogP contribution in [0.5, 0.6) is 5.75 Å². The van der Waals surface area contributed by atoms with Gasteiger partial charge in [-0.1, -0.05) is 32.9 Å². The van der Waals surface area contributed by atoms with Crippen molar-refractivity contribution in [2.24, 2.45) is 5.41 Å². The molecule has 0 aliphatic rings. The third-order valence-electron chi connectivity index (χ3n) is 3.02. The van der Waals surface area contributed by atoms with Gasteiger partial charge in [0.05, 0.1) is 19.6 Å². The molecule has 0 bridgehead atoms. The average Bonchev–Trinajstić information content (AvgIpc) is 2.35. The van der Waals surface area contributed by atoms with Gasteiger partial charge in [-0.15, -0.1) is 0 Å². The molecule has 1 aromatic carbocycles. The summed E-state index contributed by atoms with van der Waals surface area (Å²) in [5.41, 5.74) is 0.691. The molecule has 106 valence electrons. The van der Waals surface area contributed by atoms with Crippen LogP contribution in [0.25, 0.3) is 0 Å². The first-order valence-electron chi connectivity index (χ1n) is 6.40. The Bertz CT molecular complexity index is 406. The van der Waals surface area contributed by atoms with Crippen LogP contribution in [0.4, 0.5) is 0 Å². The van der Waals surface area contributed by atoms with Crippen LogP contribution in [0, 0.1) is 5.41 Å². The highest BCUT2D eigenvalue weighted by molar-refractivity contribution is 5.78. The van der Waals surface area contributed by atoms with Crippen molar-refractivity contribution in [3.8, 4) is 5.75 Å². The highest BCUT2D eigenvalue weighted by Crippen LogP contribution is 2.18. The zero-order chi connectivity index (χ0) is 14.5. The fourth-order valence-electron chi connectivity index (χ4n) is 1.51. The molecule has 1 atom stereocenters. The molecule has 0 aromatic heterocycles. The summed E-state index contributed by atoms with van der Waals surface area (Å²) in [4.78, 5) is 11.7. The monoisotopic (exact) mass is 265 g/mol. The number of rotatable bonds is 5. The second-order valence-corrected chi connectivity index (χ2v) is 5.71. The van der Waals surface area contributed by atoms with Gasteiger partial charge in [0.25, 0.3) is 0 Å². The predicted octanol–water partition coefficient (Wildman–Crippen LogP) is 1.76. The Morgan fingerprint density at radius 2 is 1.89 bits per heavy atom. The van der Waals surface area contributed by atoms with Crippen molar-refractivity contribution in [2.45, 2.75) is 33.3 Å². The van der Waals surface area contributed by atoms with E-state index in [2.05, 4.69) is 5.32 Å². The highest BCUT2D eigenvalue weighted by atomic mass is 16.5. The molecule has 4 heteroatoms. The molecule has 19 heavy (non-hydrogen) atoms. The minimum atomic E-state index is -0.549. The predicted molar refractivity (Wildman–Crippen MR) is 75.2 cm³/mol. The van der Waals surface area contributed by atoms with Gasteiger partial charge in [0, 0.05) is 6.54 Å². The van der Waals surface area contributed by atoms with Gasteiger partial charge < -0.3 is 15.2 Å². The number of aliphatic hydroxyl groups is 1. The van der Waals surface area contributed by atoms with Crippen LogP contribution in [0.3, 0.4) is 0 Å². The van der Waals surface area contributed by atoms with E-state index in [0.717, 1.165) is 11.3 Å². The largest absolute Gasteiger partial charge is 0.497 e. The molecule has 0 saturated heterocycles. The van der Waals surface area contributed by atoms with Gasteiger partial charge in [0.15, 0.2) is 0 Å². The molecule has 0 fully saturated rings. The van der Waals surface area contributed by atoms with E-state index in [4.69, 9.17) is 4.74 Å². The van der Waals surface area contributed by atoms with Crippen LogP contribution < -0.4 is 10.1 Å². The van der Waals surface area contributed by atoms with E-state index < -0.39 is 6.10 Å². The maximum Gasteiger partial charge on any atom is 0.224 e. The Morgan fingerprint density at radius 1 is 1.32 bits per heavy atom. The molecule has 1 unspecified atom stereocenters. The lowest BCUT2D eigenvalue weighted by molar-refractivity contribution is -0.121. The molecular weight excluding hydrogens is 242 g/mol. The second kappa shape index (κ2) is 6.57. The number of benzene rings is 1. The summed E-state index contributed by atoms with van der Waals surface area (Å²) in [5, 5.41) is 12.6. The van der Waals surface area contributed by atoms with Crippen LogP contribution in [-0.4, -0.2) is 30.8 Å². The smallest absolute Gasteiger partial charge is 0.224 e. The van der Waals surface area contributed by atoms with Crippen LogP contribution in [0.2, 0.25) is 0 Å². The van der Waals surface area contributed by atoms with Gasteiger partial charge in [-0.25, -0.2) is 0 Å². The van der Waals surface area contributed by atoms with Crippen molar-refractivity contribution >= 4 is 5.91 Å². The molecule has 0 radical (unpaired) electrons. The summed E-state index contributed by atoms with van der Waals surface area (Å²) in [7, 11) is 1.61. The Labute approximate surface area is 114 Å². The number of ether oxygens (including phenoxy) is 1. The molecule has 2 N–H and O–H groups in total. The van der Waals surface area contributed by atoms with Gasteiger partial charge in [-0.05, 0) is 23.1 Å². The van der Waals surface area contributed by atoms with Crippen LogP contribution in [0.1, 0.15) is 26.3 Å². The highest BCUT2D eigenvalue weighted by Gasteiger charge is 2.22. The molecular formula is C15H23NO3. The topological polar surface area (TPSA) is 58.6 Å². The molecule has 0 aliphatic carbocycles. The van der Waals surface area contributed by atoms with Gasteiger partial charge in [0.1, 0.15) is 5.75 Å². The van der Waals surface area contributed by atoms with Gasteiger partial charge >= 0.3 is 0 Å². The number of methoxy groups -OCH3 is 1. The van der Waals surface area contributed by atoms with E-state index in [9.17, 15) is 9.90 Å². The lowest BCUT2D eigenvalue weighted by Gasteiger charge is -2.25. The van der Waals surface area contributed by atoms with Crippen molar-refractivity contribution in [3.63, 3.8) is 0 Å². The lowest BCUT2D eigenvalue weighted by atomic mass is 9.89. The molecule has 4 nitrogen and oxygen atoms in total. The summed E-state index contributed by atoms with van der Waals surface area (Å²) < 4.78 is 5.06. The van der Waals surface area contributed by atoms with E-state index in [0.29, 0.717) is 6.42 Å². The zero-order valence-electron chi connectivity index (χ0n) is 12.1. The number of aliphatic hydroxyl groups excluding tert-OH is 1. The normalized spacial score (nSPS) is 12.9.